The van der Waals surface area contributed by atoms with Crippen molar-refractivity contribution in [2.75, 3.05) is 7.11 Å². The first-order valence-corrected chi connectivity index (χ1v) is 4.28. The molecule has 0 aromatic heterocycles. The van der Waals surface area contributed by atoms with Crippen LogP contribution < -0.4 is 4.74 Å². The molecule has 1 N–H and O–H groups in total. The number of aryl methyl sites for hydroxylation is 1. The Hall–Kier alpha value is -1.65. The van der Waals surface area contributed by atoms with Gasteiger partial charge in [-0.25, -0.2) is 8.78 Å². The van der Waals surface area contributed by atoms with Gasteiger partial charge in [-0.3, -0.25) is 4.79 Å². The van der Waals surface area contributed by atoms with Gasteiger partial charge in [0.05, 0.1) is 7.11 Å². The fourth-order valence-electron chi connectivity index (χ4n) is 1.16. The Morgan fingerprint density at radius 1 is 1.40 bits per heavy atom. The van der Waals surface area contributed by atoms with E-state index in [0.29, 0.717) is 6.07 Å². The van der Waals surface area contributed by atoms with Crippen LogP contribution in [0.2, 0.25) is 0 Å². The van der Waals surface area contributed by atoms with Gasteiger partial charge in [-0.1, -0.05) is 0 Å². The first kappa shape index (κ1) is 11.4. The molecule has 0 heterocycles. The molecule has 1 rings (SSSR count). The summed E-state index contributed by atoms with van der Waals surface area (Å²) in [5, 5.41) is 8.42. The Balaban J connectivity index is 2.92. The second kappa shape index (κ2) is 4.72. The summed E-state index contributed by atoms with van der Waals surface area (Å²) in [5.74, 6) is -2.67. The highest BCUT2D eigenvalue weighted by Crippen LogP contribution is 2.22. The molecule has 0 amide bonds. The summed E-state index contributed by atoms with van der Waals surface area (Å²) in [5.41, 5.74) is 0.135. The number of benzene rings is 1. The molecule has 15 heavy (non-hydrogen) atoms. The van der Waals surface area contributed by atoms with E-state index in [1.807, 2.05) is 0 Å². The zero-order valence-corrected chi connectivity index (χ0v) is 8.09. The Morgan fingerprint density at radius 3 is 2.60 bits per heavy atom. The van der Waals surface area contributed by atoms with Crippen molar-refractivity contribution in [3.63, 3.8) is 0 Å². The summed E-state index contributed by atoms with van der Waals surface area (Å²) in [6, 6.07) is 1.86. The molecule has 0 radical (unpaired) electrons. The summed E-state index contributed by atoms with van der Waals surface area (Å²) < 4.78 is 30.7. The number of rotatable bonds is 4. The molecule has 0 saturated heterocycles. The Labute approximate surface area is 85.3 Å². The summed E-state index contributed by atoms with van der Waals surface area (Å²) in [6.07, 6.45) is -0.191. The maximum atomic E-state index is 13.1. The normalized spacial score (nSPS) is 10.1. The van der Waals surface area contributed by atoms with Crippen LogP contribution >= 0.6 is 0 Å². The van der Waals surface area contributed by atoms with E-state index in [1.165, 1.54) is 13.2 Å². The van der Waals surface area contributed by atoms with Crippen molar-refractivity contribution in [1.82, 2.24) is 0 Å². The van der Waals surface area contributed by atoms with Gasteiger partial charge >= 0.3 is 5.97 Å². The second-order valence-electron chi connectivity index (χ2n) is 2.97. The maximum Gasteiger partial charge on any atom is 0.303 e. The van der Waals surface area contributed by atoms with Gasteiger partial charge in [-0.05, 0) is 18.1 Å². The minimum absolute atomic E-state index is 0.0117. The second-order valence-corrected chi connectivity index (χ2v) is 2.97. The minimum Gasteiger partial charge on any atom is -0.494 e. The zero-order valence-electron chi connectivity index (χ0n) is 8.09. The maximum absolute atomic E-state index is 13.1. The lowest BCUT2D eigenvalue weighted by Gasteiger charge is -2.06. The van der Waals surface area contributed by atoms with Crippen molar-refractivity contribution in [3.05, 3.63) is 29.3 Å². The first-order chi connectivity index (χ1) is 7.04. The van der Waals surface area contributed by atoms with Gasteiger partial charge in [0.1, 0.15) is 5.82 Å². The SMILES string of the molecule is COc1cc(CCC(=O)O)c(F)cc1F. The Morgan fingerprint density at radius 2 is 2.07 bits per heavy atom. The average Bonchev–Trinajstić information content (AvgIpc) is 2.16. The molecule has 5 heteroatoms. The monoisotopic (exact) mass is 216 g/mol. The molecule has 1 aromatic rings. The highest BCUT2D eigenvalue weighted by Gasteiger charge is 2.11. The summed E-state index contributed by atoms with van der Waals surface area (Å²) in [4.78, 5) is 10.3. The molecule has 0 fully saturated rings. The number of halogens is 2. The third-order valence-corrected chi connectivity index (χ3v) is 1.93. The van der Waals surface area contributed by atoms with E-state index in [-0.39, 0.29) is 24.2 Å². The van der Waals surface area contributed by atoms with Gasteiger partial charge in [-0.2, -0.15) is 0 Å². The minimum atomic E-state index is -1.03. The number of carboxylic acid groups (broad SMARTS) is 1. The predicted octanol–water partition coefficient (Wildman–Crippen LogP) is 1.99. The van der Waals surface area contributed by atoms with Crippen LogP contribution in [0.3, 0.4) is 0 Å². The van der Waals surface area contributed by atoms with E-state index >= 15 is 0 Å². The quantitative estimate of drug-likeness (QED) is 0.837. The van der Waals surface area contributed by atoms with Gasteiger partial charge in [0.15, 0.2) is 11.6 Å². The fourth-order valence-corrected chi connectivity index (χ4v) is 1.16. The molecule has 0 unspecified atom stereocenters. The van der Waals surface area contributed by atoms with E-state index < -0.39 is 17.6 Å². The Kier molecular flexibility index (Phi) is 3.60. The van der Waals surface area contributed by atoms with E-state index in [4.69, 9.17) is 5.11 Å². The van der Waals surface area contributed by atoms with E-state index in [9.17, 15) is 13.6 Å². The summed E-state index contributed by atoms with van der Waals surface area (Å²) in [7, 11) is 1.26. The van der Waals surface area contributed by atoms with Crippen LogP contribution in [0.4, 0.5) is 8.78 Å². The Bertz CT molecular complexity index is 377. The van der Waals surface area contributed by atoms with Crippen LogP contribution in [0, 0.1) is 11.6 Å². The van der Waals surface area contributed by atoms with Crippen molar-refractivity contribution in [1.29, 1.82) is 0 Å². The molecule has 0 saturated carbocycles. The van der Waals surface area contributed by atoms with Gasteiger partial charge in [0.2, 0.25) is 0 Å². The number of ether oxygens (including phenoxy) is 1. The standard InChI is InChI=1S/C10H10F2O3/c1-15-9-4-6(2-3-10(13)14)7(11)5-8(9)12/h4-5H,2-3H2,1H3,(H,13,14). The van der Waals surface area contributed by atoms with Crippen LogP contribution in [0.5, 0.6) is 5.75 Å². The van der Waals surface area contributed by atoms with Crippen molar-refractivity contribution in [2.24, 2.45) is 0 Å². The van der Waals surface area contributed by atoms with Gasteiger partial charge in [0.25, 0.3) is 0 Å². The lowest BCUT2D eigenvalue weighted by atomic mass is 10.1. The fraction of sp³-hybridized carbons (Fsp3) is 0.300. The van der Waals surface area contributed by atoms with E-state index in [0.717, 1.165) is 0 Å². The van der Waals surface area contributed by atoms with Gasteiger partial charge < -0.3 is 9.84 Å². The molecule has 0 aliphatic heterocycles. The topological polar surface area (TPSA) is 46.5 Å². The first-order valence-electron chi connectivity index (χ1n) is 4.28. The van der Waals surface area contributed by atoms with Crippen LogP contribution in [-0.4, -0.2) is 18.2 Å². The van der Waals surface area contributed by atoms with E-state index in [2.05, 4.69) is 4.74 Å². The molecule has 0 aliphatic carbocycles. The number of hydrogen-bond donors (Lipinski definition) is 1. The van der Waals surface area contributed by atoms with Crippen LogP contribution in [0.15, 0.2) is 12.1 Å². The van der Waals surface area contributed by atoms with Crippen LogP contribution in [0.25, 0.3) is 0 Å². The van der Waals surface area contributed by atoms with Crippen molar-refractivity contribution in [3.8, 4) is 5.75 Å². The molecular weight excluding hydrogens is 206 g/mol. The van der Waals surface area contributed by atoms with Crippen molar-refractivity contribution >= 4 is 5.97 Å². The average molecular weight is 216 g/mol. The smallest absolute Gasteiger partial charge is 0.303 e. The highest BCUT2D eigenvalue weighted by molar-refractivity contribution is 5.67. The van der Waals surface area contributed by atoms with Crippen molar-refractivity contribution in [2.45, 2.75) is 12.8 Å². The number of hydrogen-bond acceptors (Lipinski definition) is 2. The summed E-state index contributed by atoms with van der Waals surface area (Å²) in [6.45, 7) is 0. The number of carbonyl (C=O) groups is 1. The largest absolute Gasteiger partial charge is 0.494 e. The third-order valence-electron chi connectivity index (χ3n) is 1.93. The van der Waals surface area contributed by atoms with Crippen LogP contribution in [-0.2, 0) is 11.2 Å². The van der Waals surface area contributed by atoms with Crippen molar-refractivity contribution < 1.29 is 23.4 Å². The highest BCUT2D eigenvalue weighted by atomic mass is 19.1. The molecule has 3 nitrogen and oxygen atoms in total. The molecule has 1 aromatic carbocycles. The molecule has 82 valence electrons. The molecule has 0 bridgehead atoms. The van der Waals surface area contributed by atoms with Gasteiger partial charge in [-0.15, -0.1) is 0 Å². The lowest BCUT2D eigenvalue weighted by Crippen LogP contribution is -2.01. The van der Waals surface area contributed by atoms with E-state index in [1.54, 1.807) is 0 Å². The zero-order chi connectivity index (χ0) is 11.4. The number of carboxylic acids is 1. The lowest BCUT2D eigenvalue weighted by molar-refractivity contribution is -0.136. The van der Waals surface area contributed by atoms with Crippen LogP contribution in [0.1, 0.15) is 12.0 Å². The summed E-state index contributed by atoms with van der Waals surface area (Å²) >= 11 is 0. The van der Waals surface area contributed by atoms with Gasteiger partial charge in [0, 0.05) is 12.5 Å². The molecule has 0 atom stereocenters. The molecule has 0 aliphatic rings. The molecular formula is C10H10F2O3. The molecule has 0 spiro atoms. The number of aliphatic carboxylic acids is 1. The third kappa shape index (κ3) is 2.90. The number of methoxy groups -OCH3 is 1. The predicted molar refractivity (Wildman–Crippen MR) is 48.9 cm³/mol.